The van der Waals surface area contributed by atoms with Crippen molar-refractivity contribution in [3.63, 3.8) is 0 Å². The second kappa shape index (κ2) is 11.3. The topological polar surface area (TPSA) is 91.2 Å². The Morgan fingerprint density at radius 3 is 1.37 bits per heavy atom. The summed E-state index contributed by atoms with van der Waals surface area (Å²) in [4.78, 5) is 4.04. The fourth-order valence-electron chi connectivity index (χ4n) is 2.86. The minimum absolute atomic E-state index is 0.0469. The van der Waals surface area contributed by atoms with Gasteiger partial charge in [0.25, 0.3) is 0 Å². The molecule has 0 atom stereocenters. The molecule has 27 heavy (non-hydrogen) atoms. The van der Waals surface area contributed by atoms with Gasteiger partial charge >= 0.3 is 0 Å². The van der Waals surface area contributed by atoms with Gasteiger partial charge in [-0.2, -0.15) is 0 Å². The van der Waals surface area contributed by atoms with Gasteiger partial charge in [0.15, 0.2) is 0 Å². The highest BCUT2D eigenvalue weighted by atomic mass is 16.3. The summed E-state index contributed by atoms with van der Waals surface area (Å²) in [6, 6.07) is 15.8. The third kappa shape index (κ3) is 6.32. The molecule has 0 spiro atoms. The number of hydrogen-bond acceptors (Lipinski definition) is 7. The van der Waals surface area contributed by atoms with Gasteiger partial charge in [-0.1, -0.05) is 0 Å². The molecular weight excluding hydrogens is 344 g/mol. The van der Waals surface area contributed by atoms with Gasteiger partial charge in [0, 0.05) is 37.6 Å². The van der Waals surface area contributed by atoms with Crippen LogP contribution >= 0.6 is 0 Å². The van der Waals surface area contributed by atoms with E-state index in [1.54, 1.807) is 0 Å². The first-order chi connectivity index (χ1) is 13.2. The predicted octanol–water partition coefficient (Wildman–Crippen LogP) is 1.74. The molecule has 0 fully saturated rings. The van der Waals surface area contributed by atoms with E-state index in [9.17, 15) is 0 Å². The Bertz CT molecular complexity index is 643. The lowest BCUT2D eigenvalue weighted by molar-refractivity contribution is 0.281. The van der Waals surface area contributed by atoms with Gasteiger partial charge in [-0.15, -0.1) is 0 Å². The Hall–Kier alpha value is -2.48. The molecule has 2 aromatic rings. The molecule has 0 unspecified atom stereocenters. The van der Waals surface area contributed by atoms with Gasteiger partial charge in [-0.05, 0) is 55.5 Å². The summed E-state index contributed by atoms with van der Waals surface area (Å²) in [5, 5.41) is 27.4. The Balaban J connectivity index is 1.92. The average Bonchev–Trinajstić information content (AvgIpc) is 2.71. The van der Waals surface area contributed by atoms with Crippen molar-refractivity contribution in [3.8, 4) is 0 Å². The van der Waals surface area contributed by atoms with Crippen LogP contribution < -0.4 is 20.7 Å². The maximum atomic E-state index is 9.13. The van der Waals surface area contributed by atoms with Gasteiger partial charge in [0.2, 0.25) is 0 Å². The highest BCUT2D eigenvalue weighted by Crippen LogP contribution is 2.20. The van der Waals surface area contributed by atoms with Crippen molar-refractivity contribution >= 4 is 22.7 Å². The lowest BCUT2D eigenvalue weighted by Gasteiger charge is -2.23. The summed E-state index contributed by atoms with van der Waals surface area (Å²) in [5.41, 5.74) is 10.2. The standard InChI is InChI=1S/C20H30N4O3/c1-2-23(11-14-25)19-7-3-17(4-8-19)21-22-18-5-9-20(10-6-18)24(12-15-26)13-16-27/h3-10,21-22,25-27H,2,11-16H2,1H3. The molecule has 7 nitrogen and oxygen atoms in total. The first-order valence-electron chi connectivity index (χ1n) is 9.26. The molecule has 0 aliphatic carbocycles. The number of benzene rings is 2. The third-order valence-electron chi connectivity index (χ3n) is 4.31. The molecule has 2 aromatic carbocycles. The van der Waals surface area contributed by atoms with E-state index in [0.717, 1.165) is 29.3 Å². The van der Waals surface area contributed by atoms with E-state index in [0.29, 0.717) is 19.6 Å². The number of aliphatic hydroxyl groups excluding tert-OH is 3. The lowest BCUT2D eigenvalue weighted by atomic mass is 10.2. The molecule has 0 amide bonds. The Morgan fingerprint density at radius 1 is 0.630 bits per heavy atom. The predicted molar refractivity (Wildman–Crippen MR) is 111 cm³/mol. The van der Waals surface area contributed by atoms with Gasteiger partial charge in [-0.3, -0.25) is 0 Å². The van der Waals surface area contributed by atoms with E-state index in [1.165, 1.54) is 0 Å². The van der Waals surface area contributed by atoms with Crippen molar-refractivity contribution in [1.82, 2.24) is 0 Å². The molecule has 0 bridgehead atoms. The zero-order valence-electron chi connectivity index (χ0n) is 15.8. The van der Waals surface area contributed by atoms with Crippen molar-refractivity contribution in [1.29, 1.82) is 0 Å². The molecule has 0 saturated heterocycles. The first kappa shape index (κ1) is 20.8. The average molecular weight is 374 g/mol. The number of nitrogens with one attached hydrogen (secondary N) is 2. The molecule has 0 heterocycles. The van der Waals surface area contributed by atoms with E-state index in [-0.39, 0.29) is 19.8 Å². The normalized spacial score (nSPS) is 10.5. The van der Waals surface area contributed by atoms with E-state index >= 15 is 0 Å². The van der Waals surface area contributed by atoms with E-state index in [4.69, 9.17) is 15.3 Å². The van der Waals surface area contributed by atoms with E-state index in [2.05, 4.69) is 22.7 Å². The number of nitrogens with zero attached hydrogens (tertiary/aromatic N) is 2. The third-order valence-corrected chi connectivity index (χ3v) is 4.31. The molecule has 148 valence electrons. The molecular formula is C20H30N4O3. The number of anilines is 4. The Kier molecular flexibility index (Phi) is 8.70. The van der Waals surface area contributed by atoms with Crippen molar-refractivity contribution in [2.24, 2.45) is 0 Å². The highest BCUT2D eigenvalue weighted by Gasteiger charge is 2.06. The van der Waals surface area contributed by atoms with Crippen LogP contribution in [0.1, 0.15) is 6.92 Å². The van der Waals surface area contributed by atoms with Crippen LogP contribution in [0.5, 0.6) is 0 Å². The minimum atomic E-state index is 0.0469. The van der Waals surface area contributed by atoms with Crippen LogP contribution in [0.15, 0.2) is 48.5 Å². The fraction of sp³-hybridized carbons (Fsp3) is 0.400. The Labute approximate surface area is 160 Å². The summed E-state index contributed by atoms with van der Waals surface area (Å²) in [7, 11) is 0. The van der Waals surface area contributed by atoms with Gasteiger partial charge in [0.05, 0.1) is 31.2 Å². The lowest BCUT2D eigenvalue weighted by Crippen LogP contribution is -2.29. The molecule has 0 aliphatic heterocycles. The van der Waals surface area contributed by atoms with Crippen molar-refractivity contribution in [2.75, 3.05) is 66.7 Å². The molecule has 0 aliphatic rings. The zero-order chi connectivity index (χ0) is 19.5. The summed E-state index contributed by atoms with van der Waals surface area (Å²) >= 11 is 0. The molecule has 0 aromatic heterocycles. The van der Waals surface area contributed by atoms with Gasteiger partial charge in [0.1, 0.15) is 0 Å². The maximum Gasteiger partial charge on any atom is 0.0606 e. The SMILES string of the molecule is CCN(CCO)c1ccc(NNc2ccc(N(CCO)CCO)cc2)cc1. The number of rotatable bonds is 12. The number of aliphatic hydroxyl groups is 3. The van der Waals surface area contributed by atoms with Crippen LogP contribution in [0.2, 0.25) is 0 Å². The van der Waals surface area contributed by atoms with Crippen LogP contribution in [0.3, 0.4) is 0 Å². The largest absolute Gasteiger partial charge is 0.395 e. The van der Waals surface area contributed by atoms with Crippen LogP contribution in [-0.2, 0) is 0 Å². The fourth-order valence-corrected chi connectivity index (χ4v) is 2.86. The van der Waals surface area contributed by atoms with Crippen LogP contribution in [0.4, 0.5) is 22.7 Å². The van der Waals surface area contributed by atoms with Crippen molar-refractivity contribution in [3.05, 3.63) is 48.5 Å². The van der Waals surface area contributed by atoms with Crippen LogP contribution in [0, 0.1) is 0 Å². The monoisotopic (exact) mass is 374 g/mol. The number of hydrogen-bond donors (Lipinski definition) is 5. The second-order valence-electron chi connectivity index (χ2n) is 6.08. The van der Waals surface area contributed by atoms with Gasteiger partial charge in [-0.25, -0.2) is 0 Å². The summed E-state index contributed by atoms with van der Waals surface area (Å²) < 4.78 is 0. The summed E-state index contributed by atoms with van der Waals surface area (Å²) in [5.74, 6) is 0. The molecule has 2 rings (SSSR count). The van der Waals surface area contributed by atoms with E-state index < -0.39 is 0 Å². The smallest absolute Gasteiger partial charge is 0.0606 e. The minimum Gasteiger partial charge on any atom is -0.395 e. The Morgan fingerprint density at radius 2 is 1.00 bits per heavy atom. The summed E-state index contributed by atoms with van der Waals surface area (Å²) in [6.07, 6.45) is 0. The van der Waals surface area contributed by atoms with E-state index in [1.807, 2.05) is 53.4 Å². The summed E-state index contributed by atoms with van der Waals surface area (Å²) in [6.45, 7) is 4.75. The highest BCUT2D eigenvalue weighted by molar-refractivity contribution is 5.60. The maximum absolute atomic E-state index is 9.13. The zero-order valence-corrected chi connectivity index (χ0v) is 15.8. The molecule has 0 saturated carbocycles. The molecule has 0 radical (unpaired) electrons. The molecule has 7 heteroatoms. The number of hydrazine groups is 1. The van der Waals surface area contributed by atoms with Crippen LogP contribution in [-0.4, -0.2) is 61.3 Å². The first-order valence-corrected chi connectivity index (χ1v) is 9.26. The van der Waals surface area contributed by atoms with Crippen LogP contribution in [0.25, 0.3) is 0 Å². The van der Waals surface area contributed by atoms with Crippen molar-refractivity contribution < 1.29 is 15.3 Å². The quantitative estimate of drug-likeness (QED) is 0.362. The van der Waals surface area contributed by atoms with Gasteiger partial charge < -0.3 is 36.0 Å². The van der Waals surface area contributed by atoms with Crippen molar-refractivity contribution in [2.45, 2.75) is 6.92 Å². The number of likely N-dealkylation sites (N-methyl/N-ethyl adjacent to an activating group) is 1. The molecule has 5 N–H and O–H groups in total. The second-order valence-corrected chi connectivity index (χ2v) is 6.08.